The summed E-state index contributed by atoms with van der Waals surface area (Å²) in [5, 5.41) is 1.04. The van der Waals surface area contributed by atoms with Crippen LogP contribution in [-0.2, 0) is 6.54 Å². The molecule has 1 aromatic heterocycles. The maximum atomic E-state index is 14.7. The number of nitrogens with zero attached hydrogens (tertiary/aromatic N) is 1. The lowest BCUT2D eigenvalue weighted by atomic mass is 9.59. The lowest BCUT2D eigenvalue weighted by Gasteiger charge is -2.54. The van der Waals surface area contributed by atoms with Crippen LogP contribution in [0.1, 0.15) is 58.8 Å². The first-order valence-electron chi connectivity index (χ1n) is 11.5. The monoisotopic (exact) mass is 471 g/mol. The van der Waals surface area contributed by atoms with Crippen molar-refractivity contribution in [2.45, 2.75) is 51.1 Å². The number of nitrogens with two attached hydrogens (primary N) is 1. The molecule has 5 rings (SSSR count). The molecule has 1 aliphatic heterocycles. The molecule has 2 aliphatic rings. The Labute approximate surface area is 196 Å². The average Bonchev–Trinajstić information content (AvgIpc) is 3.25. The maximum Gasteiger partial charge on any atom is 0.251 e. The number of aromatic amines is 1. The number of rotatable bonds is 5. The van der Waals surface area contributed by atoms with Crippen molar-refractivity contribution in [2.24, 2.45) is 11.1 Å². The molecular weight excluding hydrogens is 443 g/mol. The Morgan fingerprint density at radius 2 is 2.03 bits per heavy atom. The molecule has 1 amide bonds. The Morgan fingerprint density at radius 3 is 2.68 bits per heavy atom. The molecule has 2 fully saturated rings. The summed E-state index contributed by atoms with van der Waals surface area (Å²) < 4.78 is 48.1. The number of primary amides is 1. The summed E-state index contributed by atoms with van der Waals surface area (Å²) in [4.78, 5) is 17.0. The fourth-order valence-electron chi connectivity index (χ4n) is 5.99. The summed E-state index contributed by atoms with van der Waals surface area (Å²) >= 11 is 0. The quantitative estimate of drug-likeness (QED) is 0.518. The standard InChI is InChI=1S/C26H28F3N3O2/c1-15-9-22(34-2)19(17-5-7-31-23(15)17)12-32-8-6-25(13-26(28,29)14-25)11-21(32)16-3-4-18(24(30)33)20(27)10-16/h3-5,7,9-10,21,31H,6,8,11-14H2,1-2H3,(H2,30,33)/t21-/m0/s1. The Kier molecular flexibility index (Phi) is 5.39. The third kappa shape index (κ3) is 3.83. The van der Waals surface area contributed by atoms with Crippen LogP contribution in [0.25, 0.3) is 10.9 Å². The molecule has 180 valence electrons. The zero-order valence-corrected chi connectivity index (χ0v) is 19.3. The van der Waals surface area contributed by atoms with Gasteiger partial charge in [-0.3, -0.25) is 9.69 Å². The first-order chi connectivity index (χ1) is 16.1. The number of aromatic nitrogens is 1. The topological polar surface area (TPSA) is 71.3 Å². The number of methoxy groups -OCH3 is 1. The zero-order valence-electron chi connectivity index (χ0n) is 19.3. The second-order valence-electron chi connectivity index (χ2n) is 9.89. The van der Waals surface area contributed by atoms with Crippen molar-refractivity contribution in [1.29, 1.82) is 0 Å². The molecule has 0 bridgehead atoms. The van der Waals surface area contributed by atoms with Gasteiger partial charge in [0.2, 0.25) is 5.92 Å². The zero-order chi connectivity index (χ0) is 24.3. The number of halogens is 3. The highest BCUT2D eigenvalue weighted by Gasteiger charge is 2.58. The van der Waals surface area contributed by atoms with Gasteiger partial charge in [0.05, 0.1) is 12.7 Å². The largest absolute Gasteiger partial charge is 0.496 e. The maximum absolute atomic E-state index is 14.7. The second kappa shape index (κ2) is 8.05. The van der Waals surface area contributed by atoms with Crippen LogP contribution >= 0.6 is 0 Å². The van der Waals surface area contributed by atoms with Gasteiger partial charge in [0.1, 0.15) is 11.6 Å². The van der Waals surface area contributed by atoms with E-state index in [1.54, 1.807) is 13.2 Å². The minimum absolute atomic E-state index is 0.137. The van der Waals surface area contributed by atoms with Crippen molar-refractivity contribution in [3.63, 3.8) is 0 Å². The van der Waals surface area contributed by atoms with E-state index >= 15 is 0 Å². The van der Waals surface area contributed by atoms with Crippen LogP contribution in [0.5, 0.6) is 5.75 Å². The van der Waals surface area contributed by atoms with Gasteiger partial charge in [0, 0.05) is 48.1 Å². The van der Waals surface area contributed by atoms with Crippen LogP contribution in [-0.4, -0.2) is 35.4 Å². The first kappa shape index (κ1) is 22.8. The number of carbonyl (C=O) groups is 1. The lowest BCUT2D eigenvalue weighted by Crippen LogP contribution is -2.53. The van der Waals surface area contributed by atoms with Gasteiger partial charge < -0.3 is 15.5 Å². The first-order valence-corrected chi connectivity index (χ1v) is 11.5. The number of amides is 1. The Bertz CT molecular complexity index is 1260. The van der Waals surface area contributed by atoms with Crippen molar-refractivity contribution in [1.82, 2.24) is 9.88 Å². The van der Waals surface area contributed by atoms with E-state index < -0.39 is 23.1 Å². The van der Waals surface area contributed by atoms with Gasteiger partial charge in [0.25, 0.3) is 5.91 Å². The van der Waals surface area contributed by atoms with Crippen LogP contribution < -0.4 is 10.5 Å². The highest BCUT2D eigenvalue weighted by Crippen LogP contribution is 2.60. The number of aryl methyl sites for hydroxylation is 1. The van der Waals surface area contributed by atoms with Gasteiger partial charge in [0.15, 0.2) is 0 Å². The van der Waals surface area contributed by atoms with E-state index in [0.29, 0.717) is 31.5 Å². The van der Waals surface area contributed by atoms with Crippen LogP contribution in [0, 0.1) is 18.2 Å². The second-order valence-corrected chi connectivity index (χ2v) is 9.89. The molecule has 3 N–H and O–H groups in total. The van der Waals surface area contributed by atoms with E-state index in [4.69, 9.17) is 10.5 Å². The van der Waals surface area contributed by atoms with Gasteiger partial charge in [-0.1, -0.05) is 6.07 Å². The number of benzene rings is 2. The molecule has 0 radical (unpaired) electrons. The van der Waals surface area contributed by atoms with E-state index in [1.165, 1.54) is 12.1 Å². The van der Waals surface area contributed by atoms with Crippen molar-refractivity contribution in [3.8, 4) is 5.75 Å². The molecule has 2 aromatic carbocycles. The number of hydrogen-bond donors (Lipinski definition) is 2. The molecule has 1 saturated carbocycles. The summed E-state index contributed by atoms with van der Waals surface area (Å²) in [5.41, 5.74) is 8.39. The van der Waals surface area contributed by atoms with Crippen molar-refractivity contribution >= 4 is 16.8 Å². The summed E-state index contributed by atoms with van der Waals surface area (Å²) in [6.45, 7) is 3.13. The fraction of sp³-hybridized carbons (Fsp3) is 0.423. The Morgan fingerprint density at radius 1 is 1.26 bits per heavy atom. The number of alkyl halides is 2. The van der Waals surface area contributed by atoms with Crippen LogP contribution in [0.4, 0.5) is 13.2 Å². The van der Waals surface area contributed by atoms with E-state index in [-0.39, 0.29) is 24.4 Å². The molecule has 1 saturated heterocycles. The number of piperidine rings is 1. The van der Waals surface area contributed by atoms with Gasteiger partial charge in [-0.15, -0.1) is 0 Å². The molecule has 5 nitrogen and oxygen atoms in total. The number of nitrogens with one attached hydrogen (secondary N) is 1. The molecule has 0 unspecified atom stereocenters. The van der Waals surface area contributed by atoms with Gasteiger partial charge in [-0.25, -0.2) is 13.2 Å². The molecule has 34 heavy (non-hydrogen) atoms. The van der Waals surface area contributed by atoms with Crippen molar-refractivity contribution < 1.29 is 22.7 Å². The molecule has 2 heterocycles. The average molecular weight is 472 g/mol. The number of ether oxygens (including phenoxy) is 1. The number of hydrogen-bond acceptors (Lipinski definition) is 3. The molecule has 8 heteroatoms. The van der Waals surface area contributed by atoms with Crippen molar-refractivity contribution in [3.05, 3.63) is 64.6 Å². The lowest BCUT2D eigenvalue weighted by molar-refractivity contribution is -0.186. The predicted molar refractivity (Wildman–Crippen MR) is 124 cm³/mol. The SMILES string of the molecule is COc1cc(C)c2[nH]ccc2c1CN1CCC2(C[C@H]1c1ccc(C(N)=O)c(F)c1)CC(F)(F)C2. The highest BCUT2D eigenvalue weighted by molar-refractivity contribution is 5.93. The summed E-state index contributed by atoms with van der Waals surface area (Å²) in [5.74, 6) is -3.40. The van der Waals surface area contributed by atoms with E-state index in [1.807, 2.05) is 25.3 Å². The van der Waals surface area contributed by atoms with E-state index in [9.17, 15) is 18.0 Å². The fourth-order valence-corrected chi connectivity index (χ4v) is 5.99. The van der Waals surface area contributed by atoms with E-state index in [2.05, 4.69) is 9.88 Å². The predicted octanol–water partition coefficient (Wildman–Crippen LogP) is 5.48. The van der Waals surface area contributed by atoms with Crippen LogP contribution in [0.2, 0.25) is 0 Å². The van der Waals surface area contributed by atoms with Gasteiger partial charge >= 0.3 is 0 Å². The number of fused-ring (bicyclic) bond motifs is 1. The Balaban J connectivity index is 1.53. The van der Waals surface area contributed by atoms with Crippen molar-refractivity contribution in [2.75, 3.05) is 13.7 Å². The third-order valence-corrected chi connectivity index (χ3v) is 7.60. The number of carbonyl (C=O) groups excluding carboxylic acids is 1. The number of H-pyrrole nitrogens is 1. The summed E-state index contributed by atoms with van der Waals surface area (Å²) in [6.07, 6.45) is 2.77. The van der Waals surface area contributed by atoms with Crippen LogP contribution in [0.15, 0.2) is 36.5 Å². The normalized spacial score (nSPS) is 21.5. The number of likely N-dealkylation sites (tertiary alicyclic amines) is 1. The third-order valence-electron chi connectivity index (χ3n) is 7.60. The minimum Gasteiger partial charge on any atom is -0.496 e. The summed E-state index contributed by atoms with van der Waals surface area (Å²) in [6, 6.07) is 8.12. The summed E-state index contributed by atoms with van der Waals surface area (Å²) in [7, 11) is 1.63. The van der Waals surface area contributed by atoms with Crippen LogP contribution in [0.3, 0.4) is 0 Å². The molecule has 1 atom stereocenters. The molecule has 3 aromatic rings. The highest BCUT2D eigenvalue weighted by atomic mass is 19.3. The molecule has 1 spiro atoms. The smallest absolute Gasteiger partial charge is 0.251 e. The Hall–Kier alpha value is -3.00. The minimum atomic E-state index is -2.63. The van der Waals surface area contributed by atoms with Gasteiger partial charge in [-0.05, 0) is 67.1 Å². The van der Waals surface area contributed by atoms with Gasteiger partial charge in [-0.2, -0.15) is 0 Å². The molecule has 1 aliphatic carbocycles. The molecular formula is C26H28F3N3O2. The van der Waals surface area contributed by atoms with E-state index in [0.717, 1.165) is 27.8 Å².